The Labute approximate surface area is 126 Å². The number of methoxy groups -OCH3 is 1. The van der Waals surface area contributed by atoms with E-state index in [0.29, 0.717) is 12.3 Å². The number of rotatable bonds is 3. The standard InChI is InChI=1S/C16H24N2O3/c1-12(19)16-14(6-4-7-15(16)21-3)18-9-5-8-17(10-11-18)13(2)20/h4,6-7,12,19H,5,8-11H2,1-3H3/t12-/m1/s1. The molecule has 1 saturated heterocycles. The molecule has 0 unspecified atom stereocenters. The Bertz CT molecular complexity index is 502. The molecule has 1 amide bonds. The van der Waals surface area contributed by atoms with Gasteiger partial charge in [-0.15, -0.1) is 0 Å². The first kappa shape index (κ1) is 15.6. The molecular weight excluding hydrogens is 268 g/mol. The third kappa shape index (κ3) is 3.47. The Morgan fingerprint density at radius 2 is 2.05 bits per heavy atom. The number of ether oxygens (including phenoxy) is 1. The average molecular weight is 292 g/mol. The molecule has 21 heavy (non-hydrogen) atoms. The zero-order chi connectivity index (χ0) is 15.4. The van der Waals surface area contributed by atoms with Gasteiger partial charge < -0.3 is 19.6 Å². The number of anilines is 1. The predicted molar refractivity (Wildman–Crippen MR) is 82.7 cm³/mol. The number of aliphatic hydroxyl groups is 1. The van der Waals surface area contributed by atoms with Crippen LogP contribution in [0.1, 0.15) is 31.9 Å². The molecule has 1 aliphatic rings. The summed E-state index contributed by atoms with van der Waals surface area (Å²) in [6.45, 7) is 6.51. The van der Waals surface area contributed by atoms with Crippen molar-refractivity contribution >= 4 is 11.6 Å². The highest BCUT2D eigenvalue weighted by atomic mass is 16.5. The highest BCUT2D eigenvalue weighted by Gasteiger charge is 2.22. The molecule has 0 saturated carbocycles. The number of carbonyl (C=O) groups excluding carboxylic acids is 1. The van der Waals surface area contributed by atoms with E-state index in [1.807, 2.05) is 23.1 Å². The Morgan fingerprint density at radius 3 is 2.67 bits per heavy atom. The maximum absolute atomic E-state index is 11.5. The monoisotopic (exact) mass is 292 g/mol. The lowest BCUT2D eigenvalue weighted by Crippen LogP contribution is -2.34. The molecule has 5 nitrogen and oxygen atoms in total. The SMILES string of the molecule is COc1cccc(N2CCCN(C(C)=O)CC2)c1[C@@H](C)O. The lowest BCUT2D eigenvalue weighted by atomic mass is 10.1. The van der Waals surface area contributed by atoms with Gasteiger partial charge in [-0.05, 0) is 25.5 Å². The molecule has 0 aromatic heterocycles. The van der Waals surface area contributed by atoms with Crippen molar-refractivity contribution in [1.82, 2.24) is 4.90 Å². The molecule has 1 aromatic carbocycles. The molecule has 1 fully saturated rings. The lowest BCUT2D eigenvalue weighted by molar-refractivity contribution is -0.128. The van der Waals surface area contributed by atoms with Crippen LogP contribution in [0.15, 0.2) is 18.2 Å². The Morgan fingerprint density at radius 1 is 1.29 bits per heavy atom. The molecular formula is C16H24N2O3. The van der Waals surface area contributed by atoms with Crippen LogP contribution >= 0.6 is 0 Å². The van der Waals surface area contributed by atoms with Gasteiger partial charge >= 0.3 is 0 Å². The van der Waals surface area contributed by atoms with Crippen LogP contribution in [0.25, 0.3) is 0 Å². The molecule has 1 aromatic rings. The van der Waals surface area contributed by atoms with Crippen molar-refractivity contribution in [3.63, 3.8) is 0 Å². The van der Waals surface area contributed by atoms with Crippen molar-refractivity contribution in [1.29, 1.82) is 0 Å². The molecule has 0 aliphatic carbocycles. The minimum Gasteiger partial charge on any atom is -0.496 e. The van der Waals surface area contributed by atoms with E-state index in [2.05, 4.69) is 4.90 Å². The predicted octanol–water partition coefficient (Wildman–Crippen LogP) is 1.81. The fourth-order valence-electron chi connectivity index (χ4n) is 2.88. The zero-order valence-corrected chi connectivity index (χ0v) is 13.0. The van der Waals surface area contributed by atoms with Crippen molar-refractivity contribution in [2.24, 2.45) is 0 Å². The topological polar surface area (TPSA) is 53.0 Å². The fraction of sp³-hybridized carbons (Fsp3) is 0.562. The summed E-state index contributed by atoms with van der Waals surface area (Å²) in [4.78, 5) is 15.6. The summed E-state index contributed by atoms with van der Waals surface area (Å²) < 4.78 is 5.38. The van der Waals surface area contributed by atoms with Crippen molar-refractivity contribution in [2.75, 3.05) is 38.2 Å². The van der Waals surface area contributed by atoms with Crippen LogP contribution in [0.4, 0.5) is 5.69 Å². The molecule has 0 spiro atoms. The van der Waals surface area contributed by atoms with Gasteiger partial charge in [0.15, 0.2) is 0 Å². The molecule has 1 N–H and O–H groups in total. The quantitative estimate of drug-likeness (QED) is 0.923. The van der Waals surface area contributed by atoms with Crippen LogP contribution in [0.2, 0.25) is 0 Å². The molecule has 2 rings (SSSR count). The zero-order valence-electron chi connectivity index (χ0n) is 13.0. The van der Waals surface area contributed by atoms with Gasteiger partial charge in [0.1, 0.15) is 5.75 Å². The second-order valence-electron chi connectivity index (χ2n) is 5.42. The van der Waals surface area contributed by atoms with Crippen molar-refractivity contribution in [3.8, 4) is 5.75 Å². The summed E-state index contributed by atoms with van der Waals surface area (Å²) in [6.07, 6.45) is 0.332. The van der Waals surface area contributed by atoms with Gasteiger partial charge in [0.05, 0.1) is 13.2 Å². The summed E-state index contributed by atoms with van der Waals surface area (Å²) >= 11 is 0. The molecule has 1 heterocycles. The maximum atomic E-state index is 11.5. The number of hydrogen-bond donors (Lipinski definition) is 1. The molecule has 0 radical (unpaired) electrons. The van der Waals surface area contributed by atoms with Gasteiger partial charge in [-0.25, -0.2) is 0 Å². The smallest absolute Gasteiger partial charge is 0.219 e. The second kappa shape index (κ2) is 6.80. The fourth-order valence-corrected chi connectivity index (χ4v) is 2.88. The van der Waals surface area contributed by atoms with E-state index >= 15 is 0 Å². The summed E-state index contributed by atoms with van der Waals surface area (Å²) in [5.41, 5.74) is 1.81. The van der Waals surface area contributed by atoms with Crippen LogP contribution in [0.3, 0.4) is 0 Å². The van der Waals surface area contributed by atoms with Crippen LogP contribution in [0.5, 0.6) is 5.75 Å². The summed E-state index contributed by atoms with van der Waals surface area (Å²) in [5, 5.41) is 10.1. The van der Waals surface area contributed by atoms with E-state index in [-0.39, 0.29) is 5.91 Å². The number of carbonyl (C=O) groups is 1. The summed E-state index contributed by atoms with van der Waals surface area (Å²) in [7, 11) is 1.62. The lowest BCUT2D eigenvalue weighted by Gasteiger charge is -2.27. The van der Waals surface area contributed by atoms with Crippen molar-refractivity contribution in [2.45, 2.75) is 26.4 Å². The maximum Gasteiger partial charge on any atom is 0.219 e. The first-order chi connectivity index (χ1) is 10.0. The van der Waals surface area contributed by atoms with E-state index in [9.17, 15) is 9.90 Å². The first-order valence-electron chi connectivity index (χ1n) is 7.40. The first-order valence-corrected chi connectivity index (χ1v) is 7.40. The summed E-state index contributed by atoms with van der Waals surface area (Å²) in [6, 6.07) is 5.81. The minimum atomic E-state index is -0.594. The van der Waals surface area contributed by atoms with Crippen molar-refractivity contribution in [3.05, 3.63) is 23.8 Å². The van der Waals surface area contributed by atoms with E-state index in [4.69, 9.17) is 4.74 Å². The second-order valence-corrected chi connectivity index (χ2v) is 5.42. The van der Waals surface area contributed by atoms with Crippen LogP contribution in [-0.2, 0) is 4.79 Å². The molecule has 1 aliphatic heterocycles. The number of benzene rings is 1. The number of nitrogens with zero attached hydrogens (tertiary/aromatic N) is 2. The van der Waals surface area contributed by atoms with E-state index in [0.717, 1.165) is 37.3 Å². The highest BCUT2D eigenvalue weighted by molar-refractivity contribution is 5.73. The Balaban J connectivity index is 2.27. The van der Waals surface area contributed by atoms with Crippen LogP contribution < -0.4 is 9.64 Å². The molecule has 5 heteroatoms. The third-order valence-electron chi connectivity index (χ3n) is 3.96. The number of amides is 1. The number of aliphatic hydroxyl groups excluding tert-OH is 1. The van der Waals surface area contributed by atoms with Gasteiger partial charge in [0.25, 0.3) is 0 Å². The van der Waals surface area contributed by atoms with Gasteiger partial charge in [-0.3, -0.25) is 4.79 Å². The summed E-state index contributed by atoms with van der Waals surface area (Å²) in [5.74, 6) is 0.827. The Hall–Kier alpha value is -1.75. The largest absolute Gasteiger partial charge is 0.496 e. The van der Waals surface area contributed by atoms with Gasteiger partial charge in [-0.1, -0.05) is 6.07 Å². The van der Waals surface area contributed by atoms with Gasteiger partial charge in [0, 0.05) is 44.4 Å². The van der Waals surface area contributed by atoms with E-state index in [1.54, 1.807) is 21.0 Å². The van der Waals surface area contributed by atoms with E-state index in [1.165, 1.54) is 0 Å². The minimum absolute atomic E-state index is 0.123. The highest BCUT2D eigenvalue weighted by Crippen LogP contribution is 2.34. The van der Waals surface area contributed by atoms with Crippen LogP contribution in [0, 0.1) is 0 Å². The molecule has 0 bridgehead atoms. The number of hydrogen-bond acceptors (Lipinski definition) is 4. The van der Waals surface area contributed by atoms with E-state index < -0.39 is 6.10 Å². The molecule has 1 atom stereocenters. The van der Waals surface area contributed by atoms with Crippen molar-refractivity contribution < 1.29 is 14.6 Å². The van der Waals surface area contributed by atoms with Gasteiger partial charge in [-0.2, -0.15) is 0 Å². The third-order valence-corrected chi connectivity index (χ3v) is 3.96. The normalized spacial score (nSPS) is 17.3. The Kier molecular flexibility index (Phi) is 5.07. The average Bonchev–Trinajstić information content (AvgIpc) is 2.72. The van der Waals surface area contributed by atoms with Crippen LogP contribution in [-0.4, -0.2) is 49.2 Å². The van der Waals surface area contributed by atoms with Gasteiger partial charge in [0.2, 0.25) is 5.91 Å². The molecule has 116 valence electrons.